The number of aliphatic hydroxyl groups is 6. The molecule has 0 heterocycles. The predicted molar refractivity (Wildman–Crippen MR) is 173 cm³/mol. The van der Waals surface area contributed by atoms with Crippen LogP contribution in [0, 0.1) is 0 Å². The van der Waals surface area contributed by atoms with E-state index in [0.717, 1.165) is 0 Å². The van der Waals surface area contributed by atoms with Crippen LogP contribution in [-0.2, 0) is 38.5 Å². The summed E-state index contributed by atoms with van der Waals surface area (Å²) >= 11 is 0. The van der Waals surface area contributed by atoms with Crippen LogP contribution in [0.5, 0.6) is 0 Å². The molecular formula is C33H42O18. The molecule has 0 saturated heterocycles. The minimum atomic E-state index is -1.65. The van der Waals surface area contributed by atoms with Crippen LogP contribution in [0.4, 0.5) is 0 Å². The zero-order chi connectivity index (χ0) is 39.0. The number of hydrogen-bond acceptors (Lipinski definition) is 12. The van der Waals surface area contributed by atoms with Crippen LogP contribution in [-0.4, -0.2) is 137 Å². The van der Waals surface area contributed by atoms with Gasteiger partial charge in [-0.3, -0.25) is 0 Å². The van der Waals surface area contributed by atoms with Gasteiger partial charge >= 0.3 is 35.8 Å². The maximum atomic E-state index is 11.9. The molecule has 2 aromatic carbocycles. The first-order chi connectivity index (χ1) is 24.1. The first kappa shape index (κ1) is 44.0. The fourth-order valence-corrected chi connectivity index (χ4v) is 5.99. The molecule has 0 amide bonds. The van der Waals surface area contributed by atoms with E-state index < -0.39 is 83.5 Å². The van der Waals surface area contributed by atoms with Crippen LogP contribution in [0.3, 0.4) is 0 Å². The predicted octanol–water partition coefficient (Wildman–Crippen LogP) is -0.0585. The van der Waals surface area contributed by atoms with Gasteiger partial charge < -0.3 is 61.3 Å². The van der Waals surface area contributed by atoms with Crippen LogP contribution in [0.2, 0.25) is 0 Å². The Morgan fingerprint density at radius 3 is 0.745 bits per heavy atom. The third-order valence-corrected chi connectivity index (χ3v) is 7.77. The van der Waals surface area contributed by atoms with Crippen molar-refractivity contribution < 1.29 is 90.0 Å². The van der Waals surface area contributed by atoms with Gasteiger partial charge in [0.25, 0.3) is 0 Å². The van der Waals surface area contributed by atoms with E-state index in [1.165, 1.54) is 0 Å². The van der Waals surface area contributed by atoms with E-state index >= 15 is 0 Å². The lowest BCUT2D eigenvalue weighted by atomic mass is 9.81. The molecule has 51 heavy (non-hydrogen) atoms. The van der Waals surface area contributed by atoms with Crippen LogP contribution in [0.1, 0.15) is 115 Å². The van der Waals surface area contributed by atoms with Crippen molar-refractivity contribution in [2.24, 2.45) is 0 Å². The van der Waals surface area contributed by atoms with Crippen molar-refractivity contribution in [2.75, 3.05) is 39.6 Å². The Hall–Kier alpha value is -4.98. The second kappa shape index (κ2) is 21.3. The van der Waals surface area contributed by atoms with E-state index in [-0.39, 0.29) is 117 Å². The van der Waals surface area contributed by atoms with Crippen molar-refractivity contribution in [3.05, 3.63) is 66.8 Å². The van der Waals surface area contributed by atoms with Gasteiger partial charge in [0.05, 0.1) is 33.4 Å². The van der Waals surface area contributed by atoms with Crippen molar-refractivity contribution in [3.8, 4) is 0 Å². The van der Waals surface area contributed by atoms with Crippen molar-refractivity contribution in [1.82, 2.24) is 0 Å². The van der Waals surface area contributed by atoms with Gasteiger partial charge in [-0.25, -0.2) is 28.8 Å². The van der Waals surface area contributed by atoms with E-state index in [0.29, 0.717) is 0 Å². The lowest BCUT2D eigenvalue weighted by molar-refractivity contribution is 0.0644. The van der Waals surface area contributed by atoms with Crippen LogP contribution < -0.4 is 0 Å². The highest BCUT2D eigenvalue weighted by Crippen LogP contribution is 2.33. The van der Waals surface area contributed by atoms with Gasteiger partial charge in [-0.1, -0.05) is 0 Å². The van der Waals surface area contributed by atoms with E-state index in [4.69, 9.17) is 25.5 Å². The van der Waals surface area contributed by atoms with Crippen molar-refractivity contribution in [3.63, 3.8) is 0 Å². The second-order valence-corrected chi connectivity index (χ2v) is 10.9. The molecule has 18 nitrogen and oxygen atoms in total. The third kappa shape index (κ3) is 10.8. The Balaban J connectivity index is 0.000000514. The average molecular weight is 727 g/mol. The van der Waals surface area contributed by atoms with E-state index in [9.17, 15) is 64.5 Å². The van der Waals surface area contributed by atoms with Gasteiger partial charge in [0, 0.05) is 39.6 Å². The molecule has 0 aromatic heterocycles. The molecule has 0 unspecified atom stereocenters. The second-order valence-electron chi connectivity index (χ2n) is 10.9. The minimum Gasteiger partial charge on any atom is -0.478 e. The number of carboxylic acid groups (broad SMARTS) is 6. The first-order valence-electron chi connectivity index (χ1n) is 15.6. The number of hydrogen-bond donors (Lipinski definition) is 12. The fourth-order valence-electron chi connectivity index (χ4n) is 5.99. The van der Waals surface area contributed by atoms with E-state index in [2.05, 4.69) is 0 Å². The summed E-state index contributed by atoms with van der Waals surface area (Å²) in [5.74, 6) is -9.21. The zero-order valence-electron chi connectivity index (χ0n) is 27.4. The van der Waals surface area contributed by atoms with Crippen LogP contribution in [0.25, 0.3) is 0 Å². The summed E-state index contributed by atoms with van der Waals surface area (Å²) in [7, 11) is 0. The Kier molecular flexibility index (Phi) is 18.4. The summed E-state index contributed by atoms with van der Waals surface area (Å²) in [5, 5.41) is 112. The Morgan fingerprint density at radius 1 is 0.275 bits per heavy atom. The molecule has 2 rings (SSSR count). The zero-order valence-corrected chi connectivity index (χ0v) is 27.4. The molecule has 0 saturated carbocycles. The van der Waals surface area contributed by atoms with Gasteiger partial charge in [-0.15, -0.1) is 0 Å². The van der Waals surface area contributed by atoms with E-state index in [1.807, 2.05) is 0 Å². The summed E-state index contributed by atoms with van der Waals surface area (Å²) in [5.41, 5.74) is -3.67. The minimum absolute atomic E-state index is 0.0142. The number of rotatable bonds is 21. The highest BCUT2D eigenvalue weighted by atomic mass is 16.4. The molecular weight excluding hydrogens is 684 g/mol. The fraction of sp³-hybridized carbons (Fsp3) is 0.455. The number of aromatic carboxylic acids is 6. The van der Waals surface area contributed by atoms with Gasteiger partial charge in [-0.2, -0.15) is 0 Å². The topological polar surface area (TPSA) is 345 Å². The van der Waals surface area contributed by atoms with Gasteiger partial charge in [0.1, 0.15) is 0 Å². The lowest BCUT2D eigenvalue weighted by Crippen LogP contribution is -2.23. The molecule has 12 N–H and O–H groups in total. The maximum absolute atomic E-state index is 11.9. The largest absolute Gasteiger partial charge is 0.478 e. The Labute approximate surface area is 290 Å². The summed E-state index contributed by atoms with van der Waals surface area (Å²) in [6, 6.07) is 0. The summed E-state index contributed by atoms with van der Waals surface area (Å²) in [6.45, 7) is -2.47. The van der Waals surface area contributed by atoms with Gasteiger partial charge in [-0.05, 0) is 91.2 Å². The standard InChI is InChI=1S/C18H24O9.C15H18O9/c19-7-1-4-10-11(5-2-8-20)14(17(24)25)15(18(26)27)12(6-3-9-21)13(10)16(22)23;16-4-1-7-8(2-5-17)11(14(21)22)12(15(23)24)9(3-6-18)10(7)13(19)20/h19-21H,1-9H2,(H,22,23)(H,24,25)(H,26,27);16-18H,1-6H2,(H,19,20)(H,21,22)(H,23,24). The van der Waals surface area contributed by atoms with Crippen molar-refractivity contribution >= 4 is 35.8 Å². The Morgan fingerprint density at radius 2 is 0.471 bits per heavy atom. The average Bonchev–Trinajstić information content (AvgIpc) is 3.05. The first-order valence-corrected chi connectivity index (χ1v) is 15.6. The molecule has 0 aliphatic carbocycles. The molecule has 282 valence electrons. The van der Waals surface area contributed by atoms with Crippen LogP contribution >= 0.6 is 0 Å². The highest BCUT2D eigenvalue weighted by molar-refractivity contribution is 6.08. The molecule has 0 aliphatic rings. The molecule has 0 spiro atoms. The van der Waals surface area contributed by atoms with Crippen molar-refractivity contribution in [1.29, 1.82) is 0 Å². The monoisotopic (exact) mass is 726 g/mol. The normalized spacial score (nSPS) is 10.7. The summed E-state index contributed by atoms with van der Waals surface area (Å²) in [6.07, 6.45) is -0.613. The third-order valence-electron chi connectivity index (χ3n) is 7.77. The Bertz CT molecular complexity index is 1610. The number of carbonyl (C=O) groups is 6. The maximum Gasteiger partial charge on any atom is 0.336 e. The van der Waals surface area contributed by atoms with Gasteiger partial charge in [0.2, 0.25) is 0 Å². The lowest BCUT2D eigenvalue weighted by Gasteiger charge is -2.22. The molecule has 0 radical (unpaired) electrons. The molecule has 0 fully saturated rings. The summed E-state index contributed by atoms with van der Waals surface area (Å²) in [4.78, 5) is 70.4. The molecule has 0 atom stereocenters. The molecule has 0 bridgehead atoms. The van der Waals surface area contributed by atoms with E-state index in [1.54, 1.807) is 0 Å². The molecule has 18 heteroatoms. The molecule has 2 aromatic rings. The SMILES string of the molecule is O=C(O)c1c(CCCO)c(CCCO)c(C(=O)O)c(C(=O)O)c1CCCO.O=C(O)c1c(CCO)c(CCO)c(C(=O)O)c(C(=O)O)c1CCO. The van der Waals surface area contributed by atoms with Crippen LogP contribution in [0.15, 0.2) is 0 Å². The number of aliphatic hydroxyl groups excluding tert-OH is 6. The molecule has 0 aliphatic heterocycles. The quantitative estimate of drug-likeness (QED) is 0.0801. The highest BCUT2D eigenvalue weighted by Gasteiger charge is 2.33. The van der Waals surface area contributed by atoms with Gasteiger partial charge in [0.15, 0.2) is 0 Å². The number of benzene rings is 2. The number of carboxylic acids is 6. The summed E-state index contributed by atoms with van der Waals surface area (Å²) < 4.78 is 0. The smallest absolute Gasteiger partial charge is 0.336 e. The van der Waals surface area contributed by atoms with Crippen molar-refractivity contribution in [2.45, 2.75) is 57.8 Å².